The van der Waals surface area contributed by atoms with Crippen LogP contribution in [0.3, 0.4) is 0 Å². The Labute approximate surface area is 123 Å². The second kappa shape index (κ2) is 7.25. The summed E-state index contributed by atoms with van der Waals surface area (Å²) in [4.78, 5) is 15.4. The van der Waals surface area contributed by atoms with E-state index in [9.17, 15) is 4.79 Å². The fourth-order valence-corrected chi connectivity index (χ4v) is 1.82. The first kappa shape index (κ1) is 14.8. The third-order valence-corrected chi connectivity index (χ3v) is 2.89. The second-order valence-corrected chi connectivity index (χ2v) is 4.35. The summed E-state index contributed by atoms with van der Waals surface area (Å²) in [5.41, 5.74) is 6.90. The molecule has 2 rings (SSSR count). The van der Waals surface area contributed by atoms with E-state index in [4.69, 9.17) is 10.5 Å². The van der Waals surface area contributed by atoms with Crippen molar-refractivity contribution in [3.63, 3.8) is 0 Å². The van der Waals surface area contributed by atoms with E-state index in [0.717, 1.165) is 11.3 Å². The van der Waals surface area contributed by atoms with Crippen LogP contribution in [0.5, 0.6) is 5.75 Å². The number of benzene rings is 1. The van der Waals surface area contributed by atoms with E-state index in [0.29, 0.717) is 18.1 Å². The number of hydrogen-bond donors (Lipinski definition) is 3. The molecule has 0 saturated heterocycles. The largest absolute Gasteiger partial charge is 0.496 e. The molecule has 21 heavy (non-hydrogen) atoms. The molecule has 0 fully saturated rings. The van der Waals surface area contributed by atoms with Crippen molar-refractivity contribution in [2.75, 3.05) is 24.3 Å². The molecule has 0 aliphatic carbocycles. The molecule has 0 unspecified atom stereocenters. The molecule has 0 spiro atoms. The van der Waals surface area contributed by atoms with Crippen LogP contribution in [0.4, 0.5) is 11.5 Å². The highest BCUT2D eigenvalue weighted by Crippen LogP contribution is 2.18. The molecule has 6 heteroatoms. The molecule has 1 aromatic carbocycles. The number of anilines is 2. The molecule has 0 bridgehead atoms. The van der Waals surface area contributed by atoms with Crippen LogP contribution in [0.2, 0.25) is 0 Å². The van der Waals surface area contributed by atoms with Gasteiger partial charge in [0, 0.05) is 12.1 Å². The number of para-hydroxylation sites is 1. The average Bonchev–Trinajstić information content (AvgIpc) is 2.54. The van der Waals surface area contributed by atoms with Gasteiger partial charge in [0.25, 0.3) is 0 Å². The number of pyridine rings is 1. The van der Waals surface area contributed by atoms with Crippen LogP contribution in [0.25, 0.3) is 0 Å². The molecule has 0 atom stereocenters. The van der Waals surface area contributed by atoms with E-state index in [-0.39, 0.29) is 12.5 Å². The normalized spacial score (nSPS) is 10.0. The maximum absolute atomic E-state index is 11.2. The summed E-state index contributed by atoms with van der Waals surface area (Å²) in [5, 5.41) is 5.84. The Bertz CT molecular complexity index is 599. The van der Waals surface area contributed by atoms with E-state index in [1.807, 2.05) is 24.3 Å². The lowest BCUT2D eigenvalue weighted by Crippen LogP contribution is -2.21. The monoisotopic (exact) mass is 286 g/mol. The first-order chi connectivity index (χ1) is 10.2. The van der Waals surface area contributed by atoms with E-state index in [1.165, 1.54) is 0 Å². The number of nitrogens with two attached hydrogens (primary N) is 1. The van der Waals surface area contributed by atoms with Crippen LogP contribution in [0, 0.1) is 0 Å². The lowest BCUT2D eigenvalue weighted by atomic mass is 10.2. The Hall–Kier alpha value is -2.60. The minimum Gasteiger partial charge on any atom is -0.496 e. The van der Waals surface area contributed by atoms with Crippen molar-refractivity contribution in [1.29, 1.82) is 0 Å². The molecule has 0 saturated carbocycles. The molecule has 1 aromatic heterocycles. The predicted molar refractivity (Wildman–Crippen MR) is 82.2 cm³/mol. The van der Waals surface area contributed by atoms with Crippen molar-refractivity contribution in [1.82, 2.24) is 4.98 Å². The number of ether oxygens (including phenoxy) is 1. The zero-order valence-corrected chi connectivity index (χ0v) is 11.8. The van der Waals surface area contributed by atoms with Crippen LogP contribution >= 0.6 is 0 Å². The van der Waals surface area contributed by atoms with Gasteiger partial charge in [0.15, 0.2) is 0 Å². The number of methoxy groups -OCH3 is 1. The molecular formula is C15H18N4O2. The van der Waals surface area contributed by atoms with Gasteiger partial charge in [-0.1, -0.05) is 18.2 Å². The number of carbonyl (C=O) groups excluding carboxylic acids is 1. The number of nitrogens with one attached hydrogen (secondary N) is 2. The first-order valence-corrected chi connectivity index (χ1v) is 6.54. The van der Waals surface area contributed by atoms with Gasteiger partial charge in [0.05, 0.1) is 25.5 Å². The van der Waals surface area contributed by atoms with E-state index in [1.54, 1.807) is 25.4 Å². The minimum absolute atomic E-state index is 0.0478. The van der Waals surface area contributed by atoms with Crippen LogP contribution in [-0.2, 0) is 11.3 Å². The van der Waals surface area contributed by atoms with Crippen molar-refractivity contribution in [2.45, 2.75) is 6.54 Å². The highest BCUT2D eigenvalue weighted by atomic mass is 16.5. The quantitative estimate of drug-likeness (QED) is 0.750. The zero-order chi connectivity index (χ0) is 15.1. The number of carbonyl (C=O) groups is 1. The Morgan fingerprint density at radius 3 is 2.76 bits per heavy atom. The summed E-state index contributed by atoms with van der Waals surface area (Å²) in [5.74, 6) is 1.30. The van der Waals surface area contributed by atoms with Crippen molar-refractivity contribution < 1.29 is 9.53 Å². The first-order valence-electron chi connectivity index (χ1n) is 6.54. The fraction of sp³-hybridized carbons (Fsp3) is 0.200. The van der Waals surface area contributed by atoms with Crippen molar-refractivity contribution >= 4 is 17.4 Å². The van der Waals surface area contributed by atoms with Crippen LogP contribution in [0.15, 0.2) is 42.6 Å². The Kier molecular flexibility index (Phi) is 5.11. The van der Waals surface area contributed by atoms with Crippen LogP contribution in [0.1, 0.15) is 5.56 Å². The average molecular weight is 286 g/mol. The van der Waals surface area contributed by atoms with Gasteiger partial charge in [0.2, 0.25) is 5.91 Å². The standard InChI is InChI=1S/C15H18N4O2/c1-21-13-5-3-2-4-11(13)9-17-14-7-6-12(10-18-14)19-15(20)8-16/h2-7,10H,8-9,16H2,1H3,(H,17,18)(H,19,20). The van der Waals surface area contributed by atoms with Gasteiger partial charge in [0.1, 0.15) is 11.6 Å². The third kappa shape index (κ3) is 4.19. The van der Waals surface area contributed by atoms with Gasteiger partial charge in [-0.3, -0.25) is 4.79 Å². The van der Waals surface area contributed by atoms with E-state index >= 15 is 0 Å². The van der Waals surface area contributed by atoms with Gasteiger partial charge in [-0.15, -0.1) is 0 Å². The fourth-order valence-electron chi connectivity index (χ4n) is 1.82. The van der Waals surface area contributed by atoms with Crippen molar-refractivity contribution in [3.8, 4) is 5.75 Å². The van der Waals surface area contributed by atoms with E-state index < -0.39 is 0 Å². The van der Waals surface area contributed by atoms with Gasteiger partial charge in [-0.25, -0.2) is 4.98 Å². The van der Waals surface area contributed by atoms with Gasteiger partial charge >= 0.3 is 0 Å². The number of aromatic nitrogens is 1. The maximum atomic E-state index is 11.2. The summed E-state index contributed by atoms with van der Waals surface area (Å²) < 4.78 is 5.29. The summed E-state index contributed by atoms with van der Waals surface area (Å²) in [6.07, 6.45) is 1.58. The maximum Gasteiger partial charge on any atom is 0.238 e. The lowest BCUT2D eigenvalue weighted by molar-refractivity contribution is -0.114. The Balaban J connectivity index is 1.96. The van der Waals surface area contributed by atoms with Crippen molar-refractivity contribution in [2.24, 2.45) is 5.73 Å². The number of amides is 1. The molecule has 1 amide bonds. The van der Waals surface area contributed by atoms with Gasteiger partial charge in [-0.2, -0.15) is 0 Å². The molecule has 4 N–H and O–H groups in total. The molecule has 2 aromatic rings. The SMILES string of the molecule is COc1ccccc1CNc1ccc(NC(=O)CN)cn1. The number of rotatable bonds is 6. The third-order valence-electron chi connectivity index (χ3n) is 2.89. The molecule has 1 heterocycles. The second-order valence-electron chi connectivity index (χ2n) is 4.35. The number of hydrogen-bond acceptors (Lipinski definition) is 5. The predicted octanol–water partition coefficient (Wildman–Crippen LogP) is 1.60. The molecular weight excluding hydrogens is 268 g/mol. The van der Waals surface area contributed by atoms with Crippen molar-refractivity contribution in [3.05, 3.63) is 48.2 Å². The molecule has 0 aliphatic rings. The van der Waals surface area contributed by atoms with Gasteiger partial charge in [-0.05, 0) is 18.2 Å². The minimum atomic E-state index is -0.244. The number of nitrogens with zero attached hydrogens (tertiary/aromatic N) is 1. The summed E-state index contributed by atoms with van der Waals surface area (Å²) in [6.45, 7) is 0.555. The highest BCUT2D eigenvalue weighted by Gasteiger charge is 2.03. The molecule has 0 radical (unpaired) electrons. The molecule has 110 valence electrons. The summed E-state index contributed by atoms with van der Waals surface area (Å²) >= 11 is 0. The molecule has 0 aliphatic heterocycles. The molecule has 6 nitrogen and oxygen atoms in total. The highest BCUT2D eigenvalue weighted by molar-refractivity contribution is 5.91. The zero-order valence-electron chi connectivity index (χ0n) is 11.8. The lowest BCUT2D eigenvalue weighted by Gasteiger charge is -2.10. The van der Waals surface area contributed by atoms with E-state index in [2.05, 4.69) is 15.6 Å². The Morgan fingerprint density at radius 2 is 2.10 bits per heavy atom. The van der Waals surface area contributed by atoms with Crippen LogP contribution in [-0.4, -0.2) is 24.5 Å². The van der Waals surface area contributed by atoms with Gasteiger partial charge < -0.3 is 21.1 Å². The topological polar surface area (TPSA) is 89.3 Å². The smallest absolute Gasteiger partial charge is 0.238 e. The summed E-state index contributed by atoms with van der Waals surface area (Å²) in [7, 11) is 1.64. The Morgan fingerprint density at radius 1 is 1.29 bits per heavy atom. The summed E-state index contributed by atoms with van der Waals surface area (Å²) in [6, 6.07) is 11.3. The van der Waals surface area contributed by atoms with Crippen LogP contribution < -0.4 is 21.1 Å².